The molecule has 16 nitrogen and oxygen atoms in total. The quantitative estimate of drug-likeness (QED) is 0.0797. The van der Waals surface area contributed by atoms with Crippen molar-refractivity contribution in [1.82, 2.24) is 5.43 Å². The number of halogens is 1. The number of sulfonamides is 1. The molecule has 6 atom stereocenters. The van der Waals surface area contributed by atoms with Gasteiger partial charge in [-0.15, -0.1) is 12.4 Å². The topological polar surface area (TPSA) is 270 Å². The minimum absolute atomic E-state index is 0. The van der Waals surface area contributed by atoms with Crippen LogP contribution in [0, 0.1) is 0 Å². The molecule has 3 aliphatic rings. The van der Waals surface area contributed by atoms with E-state index in [0.717, 1.165) is 12.1 Å². The Labute approximate surface area is 303 Å². The molecule has 3 aromatic rings. The Morgan fingerprint density at radius 2 is 1.71 bits per heavy atom. The number of aliphatic hydroxyl groups excluding tert-OH is 1. The number of hydrazone groups is 1. The largest absolute Gasteiger partial charge is 0.507 e. The van der Waals surface area contributed by atoms with Crippen LogP contribution in [0.2, 0.25) is 0 Å². The van der Waals surface area contributed by atoms with Crippen LogP contribution in [0.3, 0.4) is 0 Å². The number of benzene rings is 3. The van der Waals surface area contributed by atoms with Crippen LogP contribution in [0.4, 0.5) is 0 Å². The van der Waals surface area contributed by atoms with E-state index in [1.807, 2.05) is 0 Å². The molecule has 1 saturated heterocycles. The number of phenolic OH excluding ortho intramolecular Hbond substituents is 2. The van der Waals surface area contributed by atoms with Crippen molar-refractivity contribution in [3.05, 3.63) is 81.4 Å². The third-order valence-electron chi connectivity index (χ3n) is 9.59. The van der Waals surface area contributed by atoms with Gasteiger partial charge in [0.15, 0.2) is 12.1 Å². The molecule has 0 bridgehead atoms. The Kier molecular flexibility index (Phi) is 10.6. The summed E-state index contributed by atoms with van der Waals surface area (Å²) in [5, 5.41) is 55.1. The van der Waals surface area contributed by atoms with Crippen molar-refractivity contribution in [2.45, 2.75) is 74.3 Å². The van der Waals surface area contributed by atoms with Crippen molar-refractivity contribution in [3.63, 3.8) is 0 Å². The molecule has 1 aliphatic heterocycles. The molecule has 18 heteroatoms. The maximum absolute atomic E-state index is 13.9. The molecule has 52 heavy (non-hydrogen) atoms. The number of primary sulfonamides is 1. The minimum atomic E-state index is -4.00. The highest BCUT2D eigenvalue weighted by Gasteiger charge is 2.49. The van der Waals surface area contributed by atoms with Crippen molar-refractivity contribution in [1.29, 1.82) is 0 Å². The summed E-state index contributed by atoms with van der Waals surface area (Å²) in [6.07, 6.45) is -4.95. The lowest BCUT2D eigenvalue weighted by Crippen LogP contribution is -2.52. The number of aliphatic hydroxyl groups is 2. The first-order valence-corrected chi connectivity index (χ1v) is 17.3. The normalized spacial score (nSPS) is 25.7. The highest BCUT2D eigenvalue weighted by Crippen LogP contribution is 2.52. The van der Waals surface area contributed by atoms with Crippen molar-refractivity contribution in [3.8, 4) is 17.2 Å². The summed E-state index contributed by atoms with van der Waals surface area (Å²) < 4.78 is 40.6. The number of methoxy groups -OCH3 is 1. The number of aromatic hydroxyl groups is 2. The van der Waals surface area contributed by atoms with Crippen LogP contribution in [-0.2, 0) is 25.9 Å². The molecule has 1 heterocycles. The first kappa shape index (κ1) is 38.8. The maximum atomic E-state index is 13.9. The molecular formula is C34H37ClN4O12S. The lowest BCUT2D eigenvalue weighted by molar-refractivity contribution is -0.245. The fourth-order valence-electron chi connectivity index (χ4n) is 6.77. The van der Waals surface area contributed by atoms with E-state index in [1.165, 1.54) is 44.4 Å². The molecule has 1 amide bonds. The third-order valence-corrected chi connectivity index (χ3v) is 10.5. The van der Waals surface area contributed by atoms with Crippen LogP contribution in [0.1, 0.15) is 86.1 Å². The Bertz CT molecular complexity index is 2100. The summed E-state index contributed by atoms with van der Waals surface area (Å²) in [6, 6.07) is 8.34. The van der Waals surface area contributed by atoms with E-state index in [0.29, 0.717) is 0 Å². The average molecular weight is 761 g/mol. The van der Waals surface area contributed by atoms with Gasteiger partial charge in [-0.25, -0.2) is 19.0 Å². The standard InChI is InChI=1S/C34H36N4O12S.ClH/c1-14-28(39)20(35)11-23(49-14)50-22-13-34(45,15(2)37-38-33(44)16-7-9-17(10-8-16)51(36,46)47)12-19-25(22)32(43)27-26(30(19)41)29(40)18-5-4-6-21(48-3)24(18)31(27)42;/h4-10,14,20,22-23,28,39,41,43,45H,11-13,35H2,1-3H3,(H,38,44)(H2,36,46,47);1H/b37-15+;/t14?,20?,22-,23?,28?,34-;/m0./s1. The lowest BCUT2D eigenvalue weighted by atomic mass is 9.71. The van der Waals surface area contributed by atoms with Crippen LogP contribution < -0.4 is 21.0 Å². The monoisotopic (exact) mass is 760 g/mol. The highest BCUT2D eigenvalue weighted by atomic mass is 35.5. The summed E-state index contributed by atoms with van der Waals surface area (Å²) in [4.78, 5) is 40.4. The van der Waals surface area contributed by atoms with E-state index < -0.39 is 92.8 Å². The molecular weight excluding hydrogens is 724 g/mol. The molecule has 0 saturated carbocycles. The molecule has 0 aromatic heterocycles. The number of nitrogens with two attached hydrogens (primary N) is 2. The Morgan fingerprint density at radius 1 is 1.06 bits per heavy atom. The number of rotatable bonds is 7. The number of nitrogens with one attached hydrogen (secondary N) is 1. The first-order chi connectivity index (χ1) is 24.0. The van der Waals surface area contributed by atoms with Gasteiger partial charge in [-0.05, 0) is 44.2 Å². The van der Waals surface area contributed by atoms with E-state index in [-0.39, 0.29) is 69.4 Å². The van der Waals surface area contributed by atoms with Gasteiger partial charge < -0.3 is 40.4 Å². The fraction of sp³-hybridized carbons (Fsp3) is 0.353. The lowest BCUT2D eigenvalue weighted by Gasteiger charge is -2.42. The predicted molar refractivity (Wildman–Crippen MR) is 185 cm³/mol. The molecule has 278 valence electrons. The van der Waals surface area contributed by atoms with E-state index in [9.17, 15) is 43.2 Å². The number of hydrogen-bond acceptors (Lipinski definition) is 14. The van der Waals surface area contributed by atoms with Crippen molar-refractivity contribution < 1.29 is 57.4 Å². The van der Waals surface area contributed by atoms with Gasteiger partial charge in [0, 0.05) is 47.6 Å². The zero-order valence-electron chi connectivity index (χ0n) is 28.0. The summed E-state index contributed by atoms with van der Waals surface area (Å²) in [6.45, 7) is 2.98. The summed E-state index contributed by atoms with van der Waals surface area (Å²) in [5.41, 5.74) is 5.07. The minimum Gasteiger partial charge on any atom is -0.507 e. The second kappa shape index (κ2) is 14.2. The van der Waals surface area contributed by atoms with Crippen LogP contribution in [0.15, 0.2) is 52.5 Å². The first-order valence-electron chi connectivity index (χ1n) is 15.8. The molecule has 0 spiro atoms. The molecule has 9 N–H and O–H groups in total. The van der Waals surface area contributed by atoms with Crippen LogP contribution in [0.5, 0.6) is 17.2 Å². The number of hydrogen-bond donors (Lipinski definition) is 7. The van der Waals surface area contributed by atoms with Gasteiger partial charge >= 0.3 is 0 Å². The number of nitrogens with zero attached hydrogens (tertiary/aromatic N) is 1. The third kappa shape index (κ3) is 6.65. The maximum Gasteiger partial charge on any atom is 0.271 e. The molecule has 6 rings (SSSR count). The second-order valence-electron chi connectivity index (χ2n) is 12.8. The summed E-state index contributed by atoms with van der Waals surface area (Å²) >= 11 is 0. The van der Waals surface area contributed by atoms with Crippen molar-refractivity contribution in [2.24, 2.45) is 16.0 Å². The molecule has 3 aromatic carbocycles. The SMILES string of the molecule is COc1cccc2c1C(=O)c1c(O)c3c(c(O)c1C2=O)C[C@@](O)(/C(C)=N/NC(=O)c1ccc(S(N)(=O)=O)cc1)C[C@@H]3OC1CC(N)C(O)C(C)O1.Cl. The number of amides is 1. The summed E-state index contributed by atoms with van der Waals surface area (Å²) in [5.74, 6) is -3.55. The van der Waals surface area contributed by atoms with Gasteiger partial charge in [0.2, 0.25) is 15.8 Å². The molecule has 2 aliphatic carbocycles. The molecule has 0 radical (unpaired) electrons. The van der Waals surface area contributed by atoms with Gasteiger partial charge in [0.25, 0.3) is 5.91 Å². The highest BCUT2D eigenvalue weighted by molar-refractivity contribution is 7.89. The molecule has 4 unspecified atom stereocenters. The Morgan fingerprint density at radius 3 is 2.33 bits per heavy atom. The Balaban J connectivity index is 0.00000523. The number of ketones is 2. The van der Waals surface area contributed by atoms with E-state index >= 15 is 0 Å². The van der Waals surface area contributed by atoms with Gasteiger partial charge in [-0.3, -0.25) is 14.4 Å². The average Bonchev–Trinajstić information content (AvgIpc) is 3.08. The van der Waals surface area contributed by atoms with Gasteiger partial charge in [-0.1, -0.05) is 12.1 Å². The van der Waals surface area contributed by atoms with E-state index in [1.54, 1.807) is 6.92 Å². The van der Waals surface area contributed by atoms with Gasteiger partial charge in [-0.2, -0.15) is 5.10 Å². The molecule has 1 fully saturated rings. The summed E-state index contributed by atoms with van der Waals surface area (Å²) in [7, 11) is -2.68. The fourth-order valence-corrected chi connectivity index (χ4v) is 7.28. The smallest absolute Gasteiger partial charge is 0.271 e. The van der Waals surface area contributed by atoms with Crippen molar-refractivity contribution >= 4 is 45.6 Å². The van der Waals surface area contributed by atoms with Gasteiger partial charge in [0.1, 0.15) is 22.8 Å². The number of carbonyl (C=O) groups excluding carboxylic acids is 3. The van der Waals surface area contributed by atoms with Crippen molar-refractivity contribution in [2.75, 3.05) is 7.11 Å². The number of phenols is 2. The number of fused-ring (bicyclic) bond motifs is 3. The van der Waals surface area contributed by atoms with E-state index in [4.69, 9.17) is 25.1 Å². The number of carbonyl (C=O) groups is 3. The number of ether oxygens (including phenoxy) is 3. The van der Waals surface area contributed by atoms with E-state index in [2.05, 4.69) is 10.5 Å². The Hall–Kier alpha value is -4.46. The zero-order valence-corrected chi connectivity index (χ0v) is 29.7. The van der Waals surface area contributed by atoms with Gasteiger partial charge in [0.05, 0.1) is 52.7 Å². The van der Waals surface area contributed by atoms with Crippen LogP contribution in [0.25, 0.3) is 0 Å². The predicted octanol–water partition coefficient (Wildman–Crippen LogP) is 1.31. The van der Waals surface area contributed by atoms with Crippen LogP contribution >= 0.6 is 12.4 Å². The van der Waals surface area contributed by atoms with Crippen LogP contribution in [-0.4, -0.2) is 89.3 Å². The zero-order chi connectivity index (χ0) is 37.2. The second-order valence-corrected chi connectivity index (χ2v) is 14.3.